The zero-order valence-electron chi connectivity index (χ0n) is 18.6. The number of hydrogen-bond donors (Lipinski definition) is 2. The Hall–Kier alpha value is -2.30. The van der Waals surface area contributed by atoms with Gasteiger partial charge in [0.2, 0.25) is 0 Å². The number of nitrogens with zero attached hydrogens (tertiary/aromatic N) is 2. The normalized spacial score (nSPS) is 15.3. The van der Waals surface area contributed by atoms with E-state index >= 15 is 0 Å². The highest BCUT2D eigenvalue weighted by Gasteiger charge is 2.30. The highest BCUT2D eigenvalue weighted by Crippen LogP contribution is 2.27. The van der Waals surface area contributed by atoms with Crippen molar-refractivity contribution < 1.29 is 13.2 Å². The van der Waals surface area contributed by atoms with E-state index in [1.54, 1.807) is 46.9 Å². The molecule has 3 heterocycles. The summed E-state index contributed by atoms with van der Waals surface area (Å²) >= 11 is 7.05. The van der Waals surface area contributed by atoms with Crippen molar-refractivity contribution in [3.63, 3.8) is 0 Å². The fourth-order valence-electron chi connectivity index (χ4n) is 3.84. The van der Waals surface area contributed by atoms with Crippen LogP contribution in [0.15, 0.2) is 65.0 Å². The Balaban J connectivity index is 1.25. The van der Waals surface area contributed by atoms with Gasteiger partial charge in [0.1, 0.15) is 4.21 Å². The summed E-state index contributed by atoms with van der Waals surface area (Å²) in [7, 11) is -3.54. The van der Waals surface area contributed by atoms with Crippen LogP contribution in [0.4, 0.5) is 0 Å². The van der Waals surface area contributed by atoms with Gasteiger partial charge < -0.3 is 10.6 Å². The van der Waals surface area contributed by atoms with Crippen LogP contribution in [0, 0.1) is 0 Å². The lowest BCUT2D eigenvalue weighted by atomic mass is 10.1. The van der Waals surface area contributed by atoms with Crippen LogP contribution in [0.3, 0.4) is 0 Å². The number of sulfonamides is 1. The second-order valence-corrected chi connectivity index (χ2v) is 11.9. The van der Waals surface area contributed by atoms with Gasteiger partial charge in [-0.05, 0) is 61.4 Å². The minimum Gasteiger partial charge on any atom is -0.347 e. The molecule has 34 heavy (non-hydrogen) atoms. The molecular formula is C24H27ClN4O3S2. The second kappa shape index (κ2) is 11.4. The van der Waals surface area contributed by atoms with E-state index in [9.17, 15) is 13.2 Å². The average Bonchev–Trinajstić information content (AvgIpc) is 3.34. The quantitative estimate of drug-likeness (QED) is 0.450. The van der Waals surface area contributed by atoms with Gasteiger partial charge in [0, 0.05) is 59.5 Å². The Labute approximate surface area is 209 Å². The molecule has 0 radical (unpaired) electrons. The maximum absolute atomic E-state index is 13.1. The first-order chi connectivity index (χ1) is 16.4. The number of rotatable bonds is 9. The molecule has 1 aliphatic rings. The summed E-state index contributed by atoms with van der Waals surface area (Å²) in [5.74, 6) is -0.230. The lowest BCUT2D eigenvalue weighted by molar-refractivity contribution is 0.0951. The molecule has 0 unspecified atom stereocenters. The molecule has 7 nitrogen and oxygen atoms in total. The predicted octanol–water partition coefficient (Wildman–Crippen LogP) is 3.71. The maximum atomic E-state index is 13.1. The third-order valence-electron chi connectivity index (χ3n) is 5.75. The molecule has 1 fully saturated rings. The Morgan fingerprint density at radius 3 is 2.56 bits per heavy atom. The molecule has 10 heteroatoms. The molecule has 1 aromatic carbocycles. The van der Waals surface area contributed by atoms with E-state index in [-0.39, 0.29) is 12.5 Å². The fourth-order valence-corrected chi connectivity index (χ4v) is 6.89. The van der Waals surface area contributed by atoms with E-state index in [0.717, 1.165) is 36.4 Å². The molecule has 2 aromatic heterocycles. The van der Waals surface area contributed by atoms with Gasteiger partial charge in [0.05, 0.1) is 6.54 Å². The number of nitrogens with one attached hydrogen (secondary N) is 2. The molecule has 0 bridgehead atoms. The maximum Gasteiger partial charge on any atom is 0.252 e. The summed E-state index contributed by atoms with van der Waals surface area (Å²) in [6, 6.07) is 16.2. The highest BCUT2D eigenvalue weighted by atomic mass is 35.5. The molecule has 1 amide bonds. The molecule has 0 saturated carbocycles. The lowest BCUT2D eigenvalue weighted by Gasteiger charge is -2.31. The summed E-state index contributed by atoms with van der Waals surface area (Å²) in [6.45, 7) is 2.07. The first-order valence-electron chi connectivity index (χ1n) is 11.2. The summed E-state index contributed by atoms with van der Waals surface area (Å²) in [4.78, 5) is 17.4. The summed E-state index contributed by atoms with van der Waals surface area (Å²) in [5, 5.41) is 6.91. The molecule has 0 spiro atoms. The van der Waals surface area contributed by atoms with Crippen LogP contribution in [0.1, 0.15) is 33.8 Å². The van der Waals surface area contributed by atoms with Crippen molar-refractivity contribution in [3.8, 4) is 0 Å². The van der Waals surface area contributed by atoms with Crippen LogP contribution >= 0.6 is 22.9 Å². The topological polar surface area (TPSA) is 91.4 Å². The minimum absolute atomic E-state index is 0.230. The van der Waals surface area contributed by atoms with Crippen LogP contribution in [0.5, 0.6) is 0 Å². The second-order valence-electron chi connectivity index (χ2n) is 8.11. The van der Waals surface area contributed by atoms with Crippen LogP contribution in [-0.2, 0) is 23.0 Å². The number of amides is 1. The van der Waals surface area contributed by atoms with Crippen LogP contribution in [-0.4, -0.2) is 49.3 Å². The molecule has 3 aromatic rings. The SMILES string of the molecule is O=C(NCc1ccc(S(=O)(=O)N2CCC(NCCc3ccccn3)CC2)s1)c1ccc(Cl)cc1. The zero-order chi connectivity index (χ0) is 24.0. The van der Waals surface area contributed by atoms with Crippen molar-refractivity contribution in [2.24, 2.45) is 0 Å². The van der Waals surface area contributed by atoms with Crippen LogP contribution in [0.2, 0.25) is 5.02 Å². The van der Waals surface area contributed by atoms with Crippen molar-refractivity contribution in [3.05, 3.63) is 82.0 Å². The van der Waals surface area contributed by atoms with Gasteiger partial charge in [-0.3, -0.25) is 9.78 Å². The molecule has 0 aliphatic carbocycles. The van der Waals surface area contributed by atoms with Crippen molar-refractivity contribution in [1.82, 2.24) is 19.9 Å². The zero-order valence-corrected chi connectivity index (χ0v) is 21.0. The van der Waals surface area contributed by atoms with Gasteiger partial charge in [0.25, 0.3) is 15.9 Å². The molecule has 180 valence electrons. The van der Waals surface area contributed by atoms with Crippen LogP contribution in [0.25, 0.3) is 0 Å². The van der Waals surface area contributed by atoms with Gasteiger partial charge in [0.15, 0.2) is 0 Å². The Bertz CT molecular complexity index is 1190. The van der Waals surface area contributed by atoms with Gasteiger partial charge in [-0.25, -0.2) is 8.42 Å². The summed E-state index contributed by atoms with van der Waals surface area (Å²) in [5.41, 5.74) is 1.55. The number of benzene rings is 1. The third kappa shape index (κ3) is 6.43. The molecule has 2 N–H and O–H groups in total. The predicted molar refractivity (Wildman–Crippen MR) is 135 cm³/mol. The van der Waals surface area contributed by atoms with Gasteiger partial charge in [-0.15, -0.1) is 11.3 Å². The Kier molecular flexibility index (Phi) is 8.33. The standard InChI is InChI=1S/C24H27ClN4O3S2/c25-19-6-4-18(5-7-19)24(30)28-17-22-8-9-23(33-22)34(31,32)29-15-11-21(12-16-29)27-14-10-20-3-1-2-13-26-20/h1-9,13,21,27H,10-12,14-17H2,(H,28,30). The third-order valence-corrected chi connectivity index (χ3v) is 9.46. The Morgan fingerprint density at radius 1 is 1.09 bits per heavy atom. The van der Waals surface area contributed by atoms with Crippen molar-refractivity contribution >= 4 is 38.9 Å². The van der Waals surface area contributed by atoms with Crippen molar-refractivity contribution in [1.29, 1.82) is 0 Å². The average molecular weight is 519 g/mol. The summed E-state index contributed by atoms with van der Waals surface area (Å²) in [6.07, 6.45) is 4.20. The number of thiophene rings is 1. The van der Waals surface area contributed by atoms with E-state index < -0.39 is 10.0 Å². The number of hydrogen-bond acceptors (Lipinski definition) is 6. The van der Waals surface area contributed by atoms with Gasteiger partial charge in [-0.2, -0.15) is 4.31 Å². The monoisotopic (exact) mass is 518 g/mol. The number of carbonyl (C=O) groups excluding carboxylic acids is 1. The number of piperidine rings is 1. The molecular weight excluding hydrogens is 492 g/mol. The first-order valence-corrected chi connectivity index (χ1v) is 13.8. The first kappa shape index (κ1) is 24.8. The number of aromatic nitrogens is 1. The molecule has 1 aliphatic heterocycles. The Morgan fingerprint density at radius 2 is 1.85 bits per heavy atom. The summed E-state index contributed by atoms with van der Waals surface area (Å²) < 4.78 is 28.1. The van der Waals surface area contributed by atoms with Gasteiger partial charge in [-0.1, -0.05) is 17.7 Å². The van der Waals surface area contributed by atoms with E-state index in [4.69, 9.17) is 11.6 Å². The smallest absolute Gasteiger partial charge is 0.252 e. The van der Waals surface area contributed by atoms with E-state index in [1.807, 2.05) is 18.2 Å². The van der Waals surface area contributed by atoms with E-state index in [1.165, 1.54) is 11.3 Å². The fraction of sp³-hybridized carbons (Fsp3) is 0.333. The van der Waals surface area contributed by atoms with E-state index in [0.29, 0.717) is 33.9 Å². The molecule has 4 rings (SSSR count). The van der Waals surface area contributed by atoms with Crippen molar-refractivity contribution in [2.45, 2.75) is 36.1 Å². The largest absolute Gasteiger partial charge is 0.347 e. The van der Waals surface area contributed by atoms with E-state index in [2.05, 4.69) is 15.6 Å². The molecule has 0 atom stereocenters. The number of pyridine rings is 1. The van der Waals surface area contributed by atoms with Crippen LogP contribution < -0.4 is 10.6 Å². The number of halogens is 1. The molecule has 1 saturated heterocycles. The highest BCUT2D eigenvalue weighted by molar-refractivity contribution is 7.91. The minimum atomic E-state index is -3.54. The number of carbonyl (C=O) groups is 1. The lowest BCUT2D eigenvalue weighted by Crippen LogP contribution is -2.45. The van der Waals surface area contributed by atoms with Crippen molar-refractivity contribution in [2.75, 3.05) is 19.6 Å². The van der Waals surface area contributed by atoms with Gasteiger partial charge >= 0.3 is 0 Å².